The Balaban J connectivity index is 1.33. The molecule has 3 aromatic rings. The van der Waals surface area contributed by atoms with Gasteiger partial charge in [-0.25, -0.2) is 9.67 Å². The van der Waals surface area contributed by atoms with E-state index in [0.29, 0.717) is 40.8 Å². The first kappa shape index (κ1) is 21.1. The Bertz CT molecular complexity index is 1230. The number of nitrogens with zero attached hydrogens (tertiary/aromatic N) is 6. The number of aromatic nitrogens is 4. The van der Waals surface area contributed by atoms with Crippen molar-refractivity contribution < 1.29 is 14.4 Å². The Morgan fingerprint density at radius 3 is 2.85 bits per heavy atom. The van der Waals surface area contributed by atoms with Crippen molar-refractivity contribution in [2.24, 2.45) is 0 Å². The van der Waals surface area contributed by atoms with Crippen molar-refractivity contribution in [3.63, 3.8) is 0 Å². The van der Waals surface area contributed by atoms with Gasteiger partial charge in [0.1, 0.15) is 24.1 Å². The molecule has 1 saturated heterocycles. The highest BCUT2D eigenvalue weighted by molar-refractivity contribution is 6.30. The number of anilines is 2. The highest BCUT2D eigenvalue weighted by Crippen LogP contribution is 2.33. The summed E-state index contributed by atoms with van der Waals surface area (Å²) in [7, 11) is 0. The van der Waals surface area contributed by atoms with Crippen LogP contribution in [0.15, 0.2) is 48.8 Å². The maximum atomic E-state index is 13.3. The number of amides is 3. The first-order valence-electron chi connectivity index (χ1n) is 10.5. The lowest BCUT2D eigenvalue weighted by atomic mass is 10.1. The SMILES string of the molecule is O=C(Cn1cc(CN2C(=O)C3CCCN3C(=O)c3ccccc32)nn1)Nc1ccc(Cl)cn1. The van der Waals surface area contributed by atoms with Crippen molar-refractivity contribution in [3.8, 4) is 0 Å². The van der Waals surface area contributed by atoms with Crippen LogP contribution in [-0.2, 0) is 22.7 Å². The van der Waals surface area contributed by atoms with E-state index in [9.17, 15) is 14.4 Å². The van der Waals surface area contributed by atoms with E-state index in [1.807, 2.05) is 0 Å². The second-order valence-electron chi connectivity index (χ2n) is 7.92. The quantitative estimate of drug-likeness (QED) is 0.617. The number of fused-ring (bicyclic) bond motifs is 2. The van der Waals surface area contributed by atoms with Gasteiger partial charge in [0.2, 0.25) is 11.8 Å². The maximum absolute atomic E-state index is 13.3. The van der Waals surface area contributed by atoms with Crippen molar-refractivity contribution in [2.45, 2.75) is 32.0 Å². The number of pyridine rings is 1. The Labute approximate surface area is 194 Å². The summed E-state index contributed by atoms with van der Waals surface area (Å²) in [6.45, 7) is 0.649. The summed E-state index contributed by atoms with van der Waals surface area (Å²) in [5.41, 5.74) is 1.56. The Morgan fingerprint density at radius 1 is 1.18 bits per heavy atom. The molecule has 33 heavy (non-hydrogen) atoms. The molecule has 0 saturated carbocycles. The molecular formula is C22H20ClN7O3. The third-order valence-corrected chi connectivity index (χ3v) is 5.92. The molecule has 0 aliphatic carbocycles. The molecule has 4 heterocycles. The first-order valence-corrected chi connectivity index (χ1v) is 10.9. The minimum absolute atomic E-state index is 0.0727. The summed E-state index contributed by atoms with van der Waals surface area (Å²) >= 11 is 5.80. The van der Waals surface area contributed by atoms with Gasteiger partial charge < -0.3 is 15.1 Å². The van der Waals surface area contributed by atoms with E-state index in [0.717, 1.165) is 6.42 Å². The van der Waals surface area contributed by atoms with E-state index in [-0.39, 0.29) is 30.8 Å². The Hall–Kier alpha value is -3.79. The summed E-state index contributed by atoms with van der Waals surface area (Å²) in [6, 6.07) is 9.86. The normalized spacial score (nSPS) is 17.5. The minimum Gasteiger partial charge on any atom is -0.327 e. The van der Waals surface area contributed by atoms with Gasteiger partial charge in [-0.05, 0) is 37.1 Å². The van der Waals surface area contributed by atoms with E-state index in [1.165, 1.54) is 10.9 Å². The zero-order valence-corrected chi connectivity index (χ0v) is 18.3. The van der Waals surface area contributed by atoms with Crippen LogP contribution in [0.1, 0.15) is 28.9 Å². The highest BCUT2D eigenvalue weighted by atomic mass is 35.5. The number of hydrogen-bond acceptors (Lipinski definition) is 6. The van der Waals surface area contributed by atoms with Gasteiger partial charge in [-0.1, -0.05) is 28.9 Å². The van der Waals surface area contributed by atoms with E-state index in [4.69, 9.17) is 11.6 Å². The van der Waals surface area contributed by atoms with E-state index >= 15 is 0 Å². The molecule has 11 heteroatoms. The van der Waals surface area contributed by atoms with Gasteiger partial charge in [0.25, 0.3) is 5.91 Å². The summed E-state index contributed by atoms with van der Waals surface area (Å²) in [6.07, 6.45) is 4.49. The van der Waals surface area contributed by atoms with Crippen LogP contribution in [0.5, 0.6) is 0 Å². The van der Waals surface area contributed by atoms with Crippen molar-refractivity contribution in [1.29, 1.82) is 0 Å². The fourth-order valence-electron chi connectivity index (χ4n) is 4.20. The fraction of sp³-hybridized carbons (Fsp3) is 0.273. The number of benzene rings is 1. The maximum Gasteiger partial charge on any atom is 0.256 e. The third kappa shape index (κ3) is 4.17. The van der Waals surface area contributed by atoms with Crippen LogP contribution < -0.4 is 10.2 Å². The average molecular weight is 466 g/mol. The van der Waals surface area contributed by atoms with Crippen LogP contribution in [0.3, 0.4) is 0 Å². The van der Waals surface area contributed by atoms with Crippen LogP contribution in [0.2, 0.25) is 5.02 Å². The Morgan fingerprint density at radius 2 is 2.03 bits per heavy atom. The highest BCUT2D eigenvalue weighted by Gasteiger charge is 2.42. The molecule has 1 atom stereocenters. The summed E-state index contributed by atoms with van der Waals surface area (Å²) in [5.74, 6) is -0.209. The van der Waals surface area contributed by atoms with Crippen LogP contribution in [-0.4, -0.2) is 55.2 Å². The average Bonchev–Trinajstić information content (AvgIpc) is 3.46. The molecular weight excluding hydrogens is 446 g/mol. The van der Waals surface area contributed by atoms with E-state index in [2.05, 4.69) is 20.6 Å². The van der Waals surface area contributed by atoms with Crippen molar-refractivity contribution >= 4 is 40.8 Å². The zero-order valence-electron chi connectivity index (χ0n) is 17.5. The van der Waals surface area contributed by atoms with Crippen LogP contribution in [0.25, 0.3) is 0 Å². The molecule has 1 unspecified atom stereocenters. The lowest BCUT2D eigenvalue weighted by Crippen LogP contribution is -2.44. The third-order valence-electron chi connectivity index (χ3n) is 5.70. The number of nitrogens with one attached hydrogen (secondary N) is 1. The van der Waals surface area contributed by atoms with Gasteiger partial charge in [-0.3, -0.25) is 14.4 Å². The number of rotatable bonds is 5. The van der Waals surface area contributed by atoms with E-state index in [1.54, 1.807) is 52.4 Å². The molecule has 10 nitrogen and oxygen atoms in total. The largest absolute Gasteiger partial charge is 0.327 e. The standard InChI is InChI=1S/C22H20ClN7O3/c23-14-7-8-19(24-10-14)25-20(31)13-28-11-15(26-27-28)12-30-17-5-2-1-4-16(17)21(32)29-9-3-6-18(29)22(30)33/h1-2,4-5,7-8,10-11,18H,3,6,9,12-13H2,(H,24,25,31). The number of hydrogen-bond donors (Lipinski definition) is 1. The van der Waals surface area contributed by atoms with Crippen LogP contribution >= 0.6 is 11.6 Å². The molecule has 3 amide bonds. The van der Waals surface area contributed by atoms with Gasteiger partial charge >= 0.3 is 0 Å². The monoisotopic (exact) mass is 465 g/mol. The van der Waals surface area contributed by atoms with E-state index < -0.39 is 6.04 Å². The van der Waals surface area contributed by atoms with Gasteiger partial charge in [0, 0.05) is 12.7 Å². The van der Waals surface area contributed by atoms with Crippen LogP contribution in [0.4, 0.5) is 11.5 Å². The molecule has 168 valence electrons. The van der Waals surface area contributed by atoms with Crippen molar-refractivity contribution in [3.05, 3.63) is 65.1 Å². The number of para-hydroxylation sites is 1. The lowest BCUT2D eigenvalue weighted by Gasteiger charge is -2.25. The summed E-state index contributed by atoms with van der Waals surface area (Å²) in [5, 5.41) is 11.3. The summed E-state index contributed by atoms with van der Waals surface area (Å²) in [4.78, 5) is 46.0. The minimum atomic E-state index is -0.474. The van der Waals surface area contributed by atoms with Gasteiger partial charge in [-0.15, -0.1) is 5.10 Å². The molecule has 0 radical (unpaired) electrons. The Kier molecular flexibility index (Phi) is 5.51. The summed E-state index contributed by atoms with van der Waals surface area (Å²) < 4.78 is 1.39. The second kappa shape index (κ2) is 8.62. The van der Waals surface area contributed by atoms with Gasteiger partial charge in [0.05, 0.1) is 29.0 Å². The molecule has 1 fully saturated rings. The number of halogens is 1. The molecule has 2 aliphatic heterocycles. The van der Waals surface area contributed by atoms with Crippen LogP contribution in [0, 0.1) is 0 Å². The lowest BCUT2D eigenvalue weighted by molar-refractivity contribution is -0.122. The van der Waals surface area contributed by atoms with Crippen molar-refractivity contribution in [2.75, 3.05) is 16.8 Å². The molecule has 2 aliphatic rings. The predicted octanol–water partition coefficient (Wildman–Crippen LogP) is 2.12. The molecule has 0 bridgehead atoms. The molecule has 1 N–H and O–H groups in total. The number of carbonyl (C=O) groups is 3. The zero-order chi connectivity index (χ0) is 22.9. The fourth-order valence-corrected chi connectivity index (χ4v) is 4.31. The molecule has 5 rings (SSSR count). The predicted molar refractivity (Wildman–Crippen MR) is 120 cm³/mol. The topological polar surface area (TPSA) is 113 Å². The molecule has 0 spiro atoms. The van der Waals surface area contributed by atoms with Crippen molar-refractivity contribution in [1.82, 2.24) is 24.9 Å². The first-order chi connectivity index (χ1) is 16.0. The molecule has 2 aromatic heterocycles. The number of carbonyl (C=O) groups excluding carboxylic acids is 3. The van der Waals surface area contributed by atoms with Gasteiger partial charge in [0.15, 0.2) is 0 Å². The second-order valence-corrected chi connectivity index (χ2v) is 8.35. The smallest absolute Gasteiger partial charge is 0.256 e. The van der Waals surface area contributed by atoms with Gasteiger partial charge in [-0.2, -0.15) is 0 Å². The molecule has 1 aromatic carbocycles.